The van der Waals surface area contributed by atoms with Gasteiger partial charge in [0.15, 0.2) is 23.3 Å². The van der Waals surface area contributed by atoms with E-state index >= 15 is 0 Å². The van der Waals surface area contributed by atoms with Crippen LogP contribution >= 0.6 is 35.4 Å². The molecule has 0 bridgehead atoms. The van der Waals surface area contributed by atoms with E-state index in [1.165, 1.54) is 18.3 Å². The summed E-state index contributed by atoms with van der Waals surface area (Å²) in [4.78, 5) is 15.6. The Morgan fingerprint density at radius 3 is 2.83 bits per heavy atom. The summed E-state index contributed by atoms with van der Waals surface area (Å²) in [5, 5.41) is 15.3. The Kier molecular flexibility index (Phi) is 5.97. The van der Waals surface area contributed by atoms with Crippen LogP contribution in [0.2, 0.25) is 10.0 Å². The van der Waals surface area contributed by atoms with Gasteiger partial charge in [-0.2, -0.15) is 0 Å². The second-order valence-corrected chi connectivity index (χ2v) is 5.49. The molecule has 1 aromatic heterocycles. The number of nitrogens with zero attached hydrogens (tertiary/aromatic N) is 1. The van der Waals surface area contributed by atoms with Crippen molar-refractivity contribution < 1.29 is 14.6 Å². The molecule has 0 saturated carbocycles. The number of pyridine rings is 1. The lowest BCUT2D eigenvalue weighted by molar-refractivity contribution is -0.121. The van der Waals surface area contributed by atoms with Crippen molar-refractivity contribution >= 4 is 52.3 Å². The van der Waals surface area contributed by atoms with Gasteiger partial charge in [-0.25, -0.2) is 4.98 Å². The maximum atomic E-state index is 11.8. The number of halogens is 2. The van der Waals surface area contributed by atoms with Gasteiger partial charge in [0.2, 0.25) is 0 Å². The SMILES string of the molecule is O=C(COc1ccc(Cl)cc1Cl)NC(=S)Nc1ncccc1O. The van der Waals surface area contributed by atoms with Crippen molar-refractivity contribution in [3.05, 3.63) is 46.6 Å². The number of aromatic hydroxyl groups is 1. The molecule has 2 rings (SSSR count). The van der Waals surface area contributed by atoms with E-state index in [-0.39, 0.29) is 23.3 Å². The lowest BCUT2D eigenvalue weighted by Gasteiger charge is -2.11. The summed E-state index contributed by atoms with van der Waals surface area (Å²) >= 11 is 16.6. The van der Waals surface area contributed by atoms with Gasteiger partial charge >= 0.3 is 0 Å². The van der Waals surface area contributed by atoms with Crippen LogP contribution in [0.5, 0.6) is 11.5 Å². The fraction of sp³-hybridized carbons (Fsp3) is 0.0714. The average Bonchev–Trinajstić information content (AvgIpc) is 2.48. The first-order valence-electron chi connectivity index (χ1n) is 6.28. The maximum Gasteiger partial charge on any atom is 0.264 e. The Morgan fingerprint density at radius 2 is 2.13 bits per heavy atom. The van der Waals surface area contributed by atoms with Gasteiger partial charge in [-0.1, -0.05) is 23.2 Å². The molecule has 23 heavy (non-hydrogen) atoms. The topological polar surface area (TPSA) is 83.5 Å². The number of carbonyl (C=O) groups excluding carboxylic acids is 1. The minimum Gasteiger partial charge on any atom is -0.504 e. The first kappa shape index (κ1) is 17.3. The molecule has 0 aliphatic rings. The van der Waals surface area contributed by atoms with Crippen molar-refractivity contribution in [2.45, 2.75) is 0 Å². The zero-order chi connectivity index (χ0) is 16.8. The third kappa shape index (κ3) is 5.24. The predicted octanol–water partition coefficient (Wildman–Crippen LogP) is 2.99. The van der Waals surface area contributed by atoms with E-state index in [0.717, 1.165) is 0 Å². The lowest BCUT2D eigenvalue weighted by atomic mass is 10.3. The summed E-state index contributed by atoms with van der Waals surface area (Å²) in [7, 11) is 0. The number of hydrogen-bond donors (Lipinski definition) is 3. The highest BCUT2D eigenvalue weighted by atomic mass is 35.5. The Bertz CT molecular complexity index is 743. The molecule has 0 saturated heterocycles. The number of amides is 1. The van der Waals surface area contributed by atoms with E-state index in [1.54, 1.807) is 18.2 Å². The first-order chi connectivity index (χ1) is 11.0. The Balaban J connectivity index is 1.85. The number of rotatable bonds is 4. The number of carbonyl (C=O) groups is 1. The maximum absolute atomic E-state index is 11.8. The van der Waals surface area contributed by atoms with E-state index in [2.05, 4.69) is 15.6 Å². The Hall–Kier alpha value is -2.09. The van der Waals surface area contributed by atoms with Crippen LogP contribution in [0.15, 0.2) is 36.5 Å². The van der Waals surface area contributed by atoms with E-state index in [4.69, 9.17) is 40.2 Å². The summed E-state index contributed by atoms with van der Waals surface area (Å²) in [5.41, 5.74) is 0. The molecule has 0 aliphatic carbocycles. The van der Waals surface area contributed by atoms with Gasteiger partial charge in [0, 0.05) is 11.2 Å². The molecule has 0 radical (unpaired) electrons. The fourth-order valence-electron chi connectivity index (χ4n) is 1.53. The summed E-state index contributed by atoms with van der Waals surface area (Å²) in [5.74, 6) is -0.121. The molecular formula is C14H11Cl2N3O3S. The molecule has 0 aliphatic heterocycles. The molecule has 0 fully saturated rings. The highest BCUT2D eigenvalue weighted by molar-refractivity contribution is 7.80. The molecule has 0 spiro atoms. The summed E-state index contributed by atoms with van der Waals surface area (Å²) in [6.07, 6.45) is 1.47. The fourth-order valence-corrected chi connectivity index (χ4v) is 2.20. The third-order valence-electron chi connectivity index (χ3n) is 2.52. The van der Waals surface area contributed by atoms with Crippen molar-refractivity contribution in [1.29, 1.82) is 0 Å². The van der Waals surface area contributed by atoms with Gasteiger partial charge in [-0.3, -0.25) is 10.1 Å². The van der Waals surface area contributed by atoms with Crippen LogP contribution in [0.1, 0.15) is 0 Å². The second-order valence-electron chi connectivity index (χ2n) is 4.24. The van der Waals surface area contributed by atoms with Gasteiger partial charge in [-0.15, -0.1) is 0 Å². The third-order valence-corrected chi connectivity index (χ3v) is 3.26. The van der Waals surface area contributed by atoms with Crippen LogP contribution in [0, 0.1) is 0 Å². The van der Waals surface area contributed by atoms with Crippen LogP contribution in [0.3, 0.4) is 0 Å². The van der Waals surface area contributed by atoms with E-state index in [9.17, 15) is 9.90 Å². The van der Waals surface area contributed by atoms with Gasteiger partial charge in [0.05, 0.1) is 5.02 Å². The number of anilines is 1. The molecule has 120 valence electrons. The smallest absolute Gasteiger partial charge is 0.264 e. The molecule has 0 atom stereocenters. The van der Waals surface area contributed by atoms with Crippen LogP contribution in [0.25, 0.3) is 0 Å². The van der Waals surface area contributed by atoms with Gasteiger partial charge < -0.3 is 15.2 Å². The highest BCUT2D eigenvalue weighted by Gasteiger charge is 2.10. The standard InChI is InChI=1S/C14H11Cl2N3O3S/c15-8-3-4-11(9(16)6-8)22-7-12(21)18-14(23)19-13-10(20)2-1-5-17-13/h1-6,20H,7H2,(H2,17,18,19,21,23). The first-order valence-corrected chi connectivity index (χ1v) is 7.45. The summed E-state index contributed by atoms with van der Waals surface area (Å²) in [6.45, 7) is -0.294. The van der Waals surface area contributed by atoms with Crippen LogP contribution < -0.4 is 15.4 Å². The summed E-state index contributed by atoms with van der Waals surface area (Å²) < 4.78 is 5.27. The molecule has 1 aromatic carbocycles. The normalized spacial score (nSPS) is 10.0. The predicted molar refractivity (Wildman–Crippen MR) is 92.2 cm³/mol. The lowest BCUT2D eigenvalue weighted by Crippen LogP contribution is -2.37. The van der Waals surface area contributed by atoms with Gasteiger partial charge in [0.1, 0.15) is 5.75 Å². The number of nitrogens with one attached hydrogen (secondary N) is 2. The van der Waals surface area contributed by atoms with Crippen molar-refractivity contribution in [2.75, 3.05) is 11.9 Å². The van der Waals surface area contributed by atoms with Crippen molar-refractivity contribution in [1.82, 2.24) is 10.3 Å². The number of hydrogen-bond acceptors (Lipinski definition) is 5. The molecule has 1 amide bonds. The second kappa shape index (κ2) is 7.96. The minimum absolute atomic E-state index is 0.0187. The zero-order valence-corrected chi connectivity index (χ0v) is 13.9. The van der Waals surface area contributed by atoms with Crippen molar-refractivity contribution in [3.8, 4) is 11.5 Å². The molecule has 6 nitrogen and oxygen atoms in total. The van der Waals surface area contributed by atoms with Crippen molar-refractivity contribution in [2.24, 2.45) is 0 Å². The molecule has 0 unspecified atom stereocenters. The van der Waals surface area contributed by atoms with E-state index < -0.39 is 5.91 Å². The van der Waals surface area contributed by atoms with E-state index in [0.29, 0.717) is 15.8 Å². The number of thiocarbonyl (C=S) groups is 1. The quantitative estimate of drug-likeness (QED) is 0.716. The molecule has 3 N–H and O–H groups in total. The molecular weight excluding hydrogens is 361 g/mol. The number of benzene rings is 1. The number of ether oxygens (including phenoxy) is 1. The number of aromatic nitrogens is 1. The molecule has 2 aromatic rings. The Morgan fingerprint density at radius 1 is 1.35 bits per heavy atom. The monoisotopic (exact) mass is 371 g/mol. The minimum atomic E-state index is -0.496. The highest BCUT2D eigenvalue weighted by Crippen LogP contribution is 2.27. The summed E-state index contributed by atoms with van der Waals surface area (Å²) in [6, 6.07) is 7.65. The molecule has 9 heteroatoms. The van der Waals surface area contributed by atoms with Gasteiger partial charge in [0.25, 0.3) is 5.91 Å². The average molecular weight is 372 g/mol. The largest absolute Gasteiger partial charge is 0.504 e. The Labute approximate surface area is 147 Å². The van der Waals surface area contributed by atoms with Crippen molar-refractivity contribution in [3.63, 3.8) is 0 Å². The zero-order valence-electron chi connectivity index (χ0n) is 11.5. The molecule has 1 heterocycles. The van der Waals surface area contributed by atoms with Crippen LogP contribution in [-0.2, 0) is 4.79 Å². The van der Waals surface area contributed by atoms with Crippen LogP contribution in [-0.4, -0.2) is 27.7 Å². The van der Waals surface area contributed by atoms with E-state index in [1.807, 2.05) is 0 Å². The van der Waals surface area contributed by atoms with Crippen LogP contribution in [0.4, 0.5) is 5.82 Å². The van der Waals surface area contributed by atoms with Gasteiger partial charge in [-0.05, 0) is 42.5 Å².